The summed E-state index contributed by atoms with van der Waals surface area (Å²) in [5, 5.41) is 18.8. The van der Waals surface area contributed by atoms with Gasteiger partial charge in [0.25, 0.3) is 16.7 Å². The summed E-state index contributed by atoms with van der Waals surface area (Å²) in [6, 6.07) is 18.2. The van der Waals surface area contributed by atoms with E-state index in [2.05, 4.69) is 27.0 Å². The third-order valence-electron chi connectivity index (χ3n) is 10.6. The molecular weight excluding hydrogens is 1100 g/mol. The lowest BCUT2D eigenvalue weighted by Crippen LogP contribution is -2.30. The van der Waals surface area contributed by atoms with Crippen LogP contribution in [0.2, 0.25) is 40.2 Å². The molecule has 4 aromatic carbocycles. The van der Waals surface area contributed by atoms with Gasteiger partial charge in [-0.2, -0.15) is 0 Å². The Morgan fingerprint density at radius 3 is 1.21 bits per heavy atom. The van der Waals surface area contributed by atoms with Gasteiger partial charge in [-0.15, -0.1) is 0 Å². The van der Waals surface area contributed by atoms with Crippen molar-refractivity contribution in [2.75, 3.05) is 20.7 Å². The molecule has 0 saturated heterocycles. The topological polar surface area (TPSA) is 168 Å². The lowest BCUT2D eigenvalue weighted by molar-refractivity contribution is 0.117. The summed E-state index contributed by atoms with van der Waals surface area (Å²) in [5.41, 5.74) is 7.18. The lowest BCUT2D eigenvalue weighted by atomic mass is 10.2. The van der Waals surface area contributed by atoms with Crippen LogP contribution in [0, 0.1) is 27.7 Å². The summed E-state index contributed by atoms with van der Waals surface area (Å²) in [5.74, 6) is 2.27. The van der Waals surface area contributed by atoms with Crippen LogP contribution in [-0.2, 0) is 33.9 Å². The lowest BCUT2D eigenvalue weighted by Gasteiger charge is -2.26. The minimum absolute atomic E-state index is 0.105. The van der Waals surface area contributed by atoms with Crippen molar-refractivity contribution in [3.8, 4) is 23.0 Å². The maximum absolute atomic E-state index is 11.2. The average Bonchev–Trinajstić information content (AvgIpc) is 4.05. The van der Waals surface area contributed by atoms with Crippen molar-refractivity contribution in [3.05, 3.63) is 201 Å². The van der Waals surface area contributed by atoms with Crippen molar-refractivity contribution < 1.29 is 18.9 Å². The Kier molecular flexibility index (Phi) is 20.7. The van der Waals surface area contributed by atoms with Crippen LogP contribution in [0.4, 0.5) is 0 Å². The van der Waals surface area contributed by atoms with Crippen molar-refractivity contribution in [2.45, 2.75) is 47.5 Å². The fourth-order valence-corrected chi connectivity index (χ4v) is 7.96. The Balaban J connectivity index is 0.000000178. The molecule has 72 heavy (non-hydrogen) atoms. The van der Waals surface area contributed by atoms with Gasteiger partial charge in [-0.3, -0.25) is 54.2 Å². The number of likely N-dealkylation sites (N-methyl/N-ethyl adjacent to an activating group) is 2. The minimum Gasteiger partial charge on any atom is -0.486 e. The van der Waals surface area contributed by atoms with Crippen molar-refractivity contribution in [2.24, 2.45) is 14.1 Å². The Bertz CT molecular complexity index is 3260. The van der Waals surface area contributed by atoms with Crippen molar-refractivity contribution >= 4 is 92.8 Å². The fourth-order valence-electron chi connectivity index (χ4n) is 6.21. The van der Waals surface area contributed by atoms with Gasteiger partial charge < -0.3 is 18.9 Å². The standard InChI is InChI=1S/C14H16Cl2N2O.2C12H12Cl2N2O2.C11H10Cl2N2O2/c1-9-5-14(13(16)7-12(9)15)19-8-11-6-10(2)17(3)18(11)4;1-7-3-11(10(14)5-9(7)13)18-6-8-4-12(17)15-16(8)2;1-7-3-11(10(14)5-9(7)13)18-6-8-4-12(17)16(2)15-8;1-6-2-10(9(13)4-8(6)12)17-5-7-3-11(16)15-14-7/h5-7H,2,8H2,1,3-4H3;3-5H,6H2,1-2H3,(H,15,17);3-5,15H,6H2,1-2H3;2-4H,5H2,1H3,(H2,14,15,16). The molecule has 0 spiro atoms. The Morgan fingerprint density at radius 1 is 0.444 bits per heavy atom. The number of nitrogens with one attached hydrogen (secondary N) is 4. The normalized spacial score (nSPS) is 11.8. The van der Waals surface area contributed by atoms with Gasteiger partial charge in [0.15, 0.2) is 0 Å². The number of aromatic nitrogens is 6. The first-order valence-corrected chi connectivity index (χ1v) is 24.4. The van der Waals surface area contributed by atoms with Crippen LogP contribution >= 0.6 is 92.8 Å². The molecule has 8 rings (SSSR count). The zero-order chi connectivity index (χ0) is 53.1. The number of benzene rings is 4. The number of ether oxygens (including phenoxy) is 4. The van der Waals surface area contributed by atoms with Crippen LogP contribution in [-0.4, -0.2) is 60.5 Å². The third kappa shape index (κ3) is 16.0. The molecule has 0 aliphatic carbocycles. The second kappa shape index (κ2) is 25.9. The van der Waals surface area contributed by atoms with E-state index in [9.17, 15) is 14.4 Å². The molecule has 0 amide bonds. The number of halogens is 8. The molecule has 0 unspecified atom stereocenters. The van der Waals surface area contributed by atoms with Crippen LogP contribution in [0.3, 0.4) is 0 Å². The third-order valence-corrected chi connectivity index (χ3v) is 13.4. The molecule has 0 radical (unpaired) electrons. The van der Waals surface area contributed by atoms with Crippen molar-refractivity contribution in [3.63, 3.8) is 0 Å². The maximum Gasteiger partial charge on any atom is 0.266 e. The highest BCUT2D eigenvalue weighted by Gasteiger charge is 2.20. The monoisotopic (exact) mass is 1140 g/mol. The van der Waals surface area contributed by atoms with Gasteiger partial charge in [-0.25, -0.2) is 0 Å². The van der Waals surface area contributed by atoms with Crippen molar-refractivity contribution in [1.82, 2.24) is 39.8 Å². The molecule has 15 nitrogen and oxygen atoms in total. The SMILES string of the molecule is C=C1C=C(COc2cc(C)c(Cl)cc2Cl)N(C)N1C.Cc1cc(OCc2cc(=O)[nH][nH]2)c(Cl)cc1Cl.Cc1cc(OCc2cc(=O)[nH]n2C)c(Cl)cc1Cl.Cc1cc(OCc2cc(=O)n(C)[nH]2)c(Cl)cc1Cl. The van der Waals surface area contributed by atoms with Crippen LogP contribution in [0.1, 0.15) is 39.3 Å². The van der Waals surface area contributed by atoms with E-state index in [1.807, 2.05) is 64.0 Å². The number of H-pyrrole nitrogens is 4. The van der Waals surface area contributed by atoms with E-state index in [0.717, 1.165) is 39.3 Å². The average molecular weight is 1150 g/mol. The molecule has 0 bridgehead atoms. The summed E-state index contributed by atoms with van der Waals surface area (Å²) >= 11 is 47.9. The highest BCUT2D eigenvalue weighted by Crippen LogP contribution is 2.34. The first-order valence-electron chi connectivity index (χ1n) is 21.4. The molecule has 1 aliphatic rings. The summed E-state index contributed by atoms with van der Waals surface area (Å²) in [7, 11) is 7.30. The predicted molar refractivity (Wildman–Crippen MR) is 290 cm³/mol. The smallest absolute Gasteiger partial charge is 0.266 e. The number of rotatable bonds is 12. The fraction of sp³-hybridized carbons (Fsp3) is 0.245. The molecule has 0 atom stereocenters. The van der Waals surface area contributed by atoms with E-state index in [1.54, 1.807) is 61.2 Å². The van der Waals surface area contributed by atoms with E-state index in [0.29, 0.717) is 81.2 Å². The van der Waals surface area contributed by atoms with Gasteiger partial charge in [0.2, 0.25) is 0 Å². The van der Waals surface area contributed by atoms with Gasteiger partial charge in [-0.05, 0) is 105 Å². The van der Waals surface area contributed by atoms with E-state index in [1.165, 1.54) is 22.9 Å². The maximum atomic E-state index is 11.2. The highest BCUT2D eigenvalue weighted by atomic mass is 35.5. The Labute approximate surface area is 455 Å². The largest absolute Gasteiger partial charge is 0.486 e. The number of hydrogen-bond acceptors (Lipinski definition) is 9. The van der Waals surface area contributed by atoms with E-state index in [-0.39, 0.29) is 36.5 Å². The molecule has 0 saturated carbocycles. The zero-order valence-electron chi connectivity index (χ0n) is 40.1. The summed E-state index contributed by atoms with van der Waals surface area (Å²) in [6.45, 7) is 12.6. The first kappa shape index (κ1) is 57.4. The molecule has 4 heterocycles. The molecule has 3 aromatic heterocycles. The highest BCUT2D eigenvalue weighted by molar-refractivity contribution is 6.37. The molecule has 4 N–H and O–H groups in total. The quantitative estimate of drug-likeness (QED) is 0.0931. The molecular formula is C49H50Cl8N8O7. The van der Waals surface area contributed by atoms with Crippen LogP contribution < -0.4 is 35.6 Å². The van der Waals surface area contributed by atoms with E-state index >= 15 is 0 Å². The number of hydrogen-bond donors (Lipinski definition) is 4. The van der Waals surface area contributed by atoms with Gasteiger partial charge in [-0.1, -0.05) is 99.4 Å². The summed E-state index contributed by atoms with van der Waals surface area (Å²) < 4.78 is 25.4. The Hall–Kier alpha value is -5.49. The van der Waals surface area contributed by atoms with Crippen LogP contribution in [0.25, 0.3) is 0 Å². The molecule has 23 heteroatoms. The van der Waals surface area contributed by atoms with Gasteiger partial charge in [0.05, 0.1) is 48.6 Å². The van der Waals surface area contributed by atoms with Gasteiger partial charge >= 0.3 is 0 Å². The molecule has 384 valence electrons. The molecule has 0 fully saturated rings. The second-order valence-electron chi connectivity index (χ2n) is 16.1. The summed E-state index contributed by atoms with van der Waals surface area (Å²) in [6.07, 6.45) is 1.98. The number of nitrogens with zero attached hydrogens (tertiary/aromatic N) is 4. The first-order chi connectivity index (χ1) is 33.9. The summed E-state index contributed by atoms with van der Waals surface area (Å²) in [4.78, 5) is 33.2. The predicted octanol–water partition coefficient (Wildman–Crippen LogP) is 12.6. The molecule has 1 aliphatic heterocycles. The number of aromatic amines is 4. The van der Waals surface area contributed by atoms with E-state index in [4.69, 9.17) is 112 Å². The number of hydrazine groups is 1. The zero-order valence-corrected chi connectivity index (χ0v) is 46.2. The second-order valence-corrected chi connectivity index (χ2v) is 19.3. The number of aryl methyl sites for hydroxylation is 6. The van der Waals surface area contributed by atoms with Gasteiger partial charge in [0, 0.05) is 66.5 Å². The minimum atomic E-state index is -0.193. The van der Waals surface area contributed by atoms with Gasteiger partial charge in [0.1, 0.15) is 49.4 Å². The van der Waals surface area contributed by atoms with Crippen LogP contribution in [0.5, 0.6) is 23.0 Å². The van der Waals surface area contributed by atoms with Crippen LogP contribution in [0.15, 0.2) is 105 Å². The van der Waals surface area contributed by atoms with E-state index < -0.39 is 0 Å². The molecule has 7 aromatic rings. The Morgan fingerprint density at radius 2 is 0.861 bits per heavy atom. The van der Waals surface area contributed by atoms with Crippen molar-refractivity contribution in [1.29, 1.82) is 0 Å². The number of allylic oxidation sites excluding steroid dienone is 1.